The molecule has 4 rings (SSSR count). The van der Waals surface area contributed by atoms with E-state index < -0.39 is 0 Å². The Kier molecular flexibility index (Phi) is 9.65. The summed E-state index contributed by atoms with van der Waals surface area (Å²) in [5.74, 6) is 2.43. The summed E-state index contributed by atoms with van der Waals surface area (Å²) in [7, 11) is 0. The molecule has 1 amide bonds. The minimum atomic E-state index is -0.0529. The number of para-hydroxylation sites is 1. The number of nitrogens with zero attached hydrogens (tertiary/aromatic N) is 1. The first-order chi connectivity index (χ1) is 15.7. The Hall–Kier alpha value is -2.49. The molecule has 3 N–H and O–H groups in total. The van der Waals surface area contributed by atoms with Crippen LogP contribution in [0.4, 0.5) is 0 Å². The molecule has 0 saturated heterocycles. The van der Waals surface area contributed by atoms with Gasteiger partial charge in [-0.25, -0.2) is 4.99 Å². The maximum atomic E-state index is 11.7. The molecule has 0 spiro atoms. The van der Waals surface area contributed by atoms with Crippen molar-refractivity contribution >= 4 is 35.8 Å². The van der Waals surface area contributed by atoms with Crippen LogP contribution in [-0.4, -0.2) is 50.3 Å². The maximum absolute atomic E-state index is 11.7. The van der Waals surface area contributed by atoms with Crippen molar-refractivity contribution in [2.24, 2.45) is 4.99 Å². The standard InChI is InChI=1S/C25H32N4O3.HI/c1-2-26-25(28-16-22-15-19-5-3-4-6-23(19)32-22)27-14-13-18-7-11-21(12-8-18)31-17-24(30)29-20-9-10-20;/h3-8,11-12,20,22H,2,9-10,13-17H2,1H3,(H,29,30)(H2,26,27,28);1H. The van der Waals surface area contributed by atoms with E-state index in [1.807, 2.05) is 42.5 Å². The van der Waals surface area contributed by atoms with Crippen molar-refractivity contribution in [1.29, 1.82) is 0 Å². The Bertz CT molecular complexity index is 907. The van der Waals surface area contributed by atoms with Gasteiger partial charge in [0.05, 0.1) is 6.54 Å². The van der Waals surface area contributed by atoms with Gasteiger partial charge in [0.15, 0.2) is 12.6 Å². The van der Waals surface area contributed by atoms with Gasteiger partial charge in [0, 0.05) is 25.6 Å². The van der Waals surface area contributed by atoms with E-state index in [1.54, 1.807) is 0 Å². The molecule has 2 aromatic carbocycles. The molecule has 1 atom stereocenters. The van der Waals surface area contributed by atoms with Gasteiger partial charge >= 0.3 is 0 Å². The highest BCUT2D eigenvalue weighted by atomic mass is 127. The maximum Gasteiger partial charge on any atom is 0.258 e. The predicted molar refractivity (Wildman–Crippen MR) is 141 cm³/mol. The molecular weight excluding hydrogens is 531 g/mol. The Labute approximate surface area is 212 Å². The van der Waals surface area contributed by atoms with Crippen LogP contribution in [0.25, 0.3) is 0 Å². The Morgan fingerprint density at radius 3 is 2.64 bits per heavy atom. The molecule has 7 nitrogen and oxygen atoms in total. The van der Waals surface area contributed by atoms with Crippen LogP contribution in [0.15, 0.2) is 53.5 Å². The van der Waals surface area contributed by atoms with Crippen LogP contribution in [0.2, 0.25) is 0 Å². The highest BCUT2D eigenvalue weighted by Gasteiger charge is 2.23. The number of ether oxygens (including phenoxy) is 2. The summed E-state index contributed by atoms with van der Waals surface area (Å²) in [5, 5.41) is 9.61. The number of amides is 1. The highest BCUT2D eigenvalue weighted by molar-refractivity contribution is 14.0. The van der Waals surface area contributed by atoms with E-state index in [9.17, 15) is 4.79 Å². The zero-order valence-corrected chi connectivity index (χ0v) is 21.3. The van der Waals surface area contributed by atoms with Gasteiger partial charge < -0.3 is 25.4 Å². The Balaban J connectivity index is 0.00000306. The number of aliphatic imine (C=N–C) groups is 1. The van der Waals surface area contributed by atoms with Crippen LogP contribution in [0, 0.1) is 0 Å². The predicted octanol–water partition coefficient (Wildman–Crippen LogP) is 3.06. The molecule has 1 unspecified atom stereocenters. The van der Waals surface area contributed by atoms with E-state index in [1.165, 1.54) is 11.1 Å². The highest BCUT2D eigenvalue weighted by Crippen LogP contribution is 2.28. The molecule has 1 aliphatic carbocycles. The van der Waals surface area contributed by atoms with Crippen LogP contribution >= 0.6 is 24.0 Å². The van der Waals surface area contributed by atoms with Crippen molar-refractivity contribution in [2.75, 3.05) is 26.2 Å². The second-order valence-corrected chi connectivity index (χ2v) is 8.22. The number of hydrogen-bond donors (Lipinski definition) is 3. The van der Waals surface area contributed by atoms with E-state index >= 15 is 0 Å². The summed E-state index contributed by atoms with van der Waals surface area (Å²) >= 11 is 0. The molecule has 178 valence electrons. The number of carbonyl (C=O) groups is 1. The minimum Gasteiger partial charge on any atom is -0.488 e. The number of fused-ring (bicyclic) bond motifs is 1. The van der Waals surface area contributed by atoms with E-state index in [-0.39, 0.29) is 42.6 Å². The summed E-state index contributed by atoms with van der Waals surface area (Å²) in [6, 6.07) is 16.4. The lowest BCUT2D eigenvalue weighted by atomic mass is 10.1. The topological polar surface area (TPSA) is 84.0 Å². The second kappa shape index (κ2) is 12.7. The number of rotatable bonds is 10. The number of hydrogen-bond acceptors (Lipinski definition) is 4. The van der Waals surface area contributed by atoms with Crippen LogP contribution < -0.4 is 25.4 Å². The summed E-state index contributed by atoms with van der Waals surface area (Å²) in [5.41, 5.74) is 2.44. The third-order valence-electron chi connectivity index (χ3n) is 5.45. The molecule has 0 aromatic heterocycles. The molecule has 0 radical (unpaired) electrons. The third kappa shape index (κ3) is 8.10. The fourth-order valence-electron chi connectivity index (χ4n) is 3.61. The van der Waals surface area contributed by atoms with Crippen LogP contribution in [0.1, 0.15) is 30.9 Å². The fourth-order valence-corrected chi connectivity index (χ4v) is 3.61. The molecule has 1 aliphatic heterocycles. The van der Waals surface area contributed by atoms with Gasteiger partial charge in [0.2, 0.25) is 0 Å². The van der Waals surface area contributed by atoms with E-state index in [2.05, 4.69) is 28.9 Å². The lowest BCUT2D eigenvalue weighted by Crippen LogP contribution is -2.39. The lowest BCUT2D eigenvalue weighted by molar-refractivity contribution is -0.123. The number of nitrogens with one attached hydrogen (secondary N) is 3. The molecule has 1 saturated carbocycles. The van der Waals surface area contributed by atoms with Crippen LogP contribution in [0.5, 0.6) is 11.5 Å². The molecule has 2 aromatic rings. The van der Waals surface area contributed by atoms with Crippen LogP contribution in [0.3, 0.4) is 0 Å². The molecule has 33 heavy (non-hydrogen) atoms. The summed E-state index contributed by atoms with van der Waals surface area (Å²) in [6.45, 7) is 4.31. The summed E-state index contributed by atoms with van der Waals surface area (Å²) in [4.78, 5) is 16.4. The van der Waals surface area contributed by atoms with Gasteiger partial charge in [-0.1, -0.05) is 30.3 Å². The van der Waals surface area contributed by atoms with Crippen LogP contribution in [-0.2, 0) is 17.6 Å². The van der Waals surface area contributed by atoms with E-state index in [4.69, 9.17) is 14.5 Å². The van der Waals surface area contributed by atoms with Crippen molar-refractivity contribution in [3.63, 3.8) is 0 Å². The first-order valence-electron chi connectivity index (χ1n) is 11.5. The first kappa shape index (κ1) is 25.1. The van der Waals surface area contributed by atoms with Gasteiger partial charge in [-0.3, -0.25) is 4.79 Å². The SMILES string of the molecule is CCNC(=NCC1Cc2ccccc2O1)NCCc1ccc(OCC(=O)NC2CC2)cc1.I. The zero-order chi connectivity index (χ0) is 22.2. The number of benzene rings is 2. The number of guanidine groups is 1. The van der Waals surface area contributed by atoms with Crippen molar-refractivity contribution in [2.45, 2.75) is 44.8 Å². The van der Waals surface area contributed by atoms with Gasteiger partial charge in [-0.2, -0.15) is 0 Å². The summed E-state index contributed by atoms with van der Waals surface area (Å²) < 4.78 is 11.5. The molecular formula is C25H33IN4O3. The van der Waals surface area contributed by atoms with Gasteiger partial charge in [-0.05, 0) is 55.5 Å². The molecule has 8 heteroatoms. The normalized spacial score (nSPS) is 16.8. The third-order valence-corrected chi connectivity index (χ3v) is 5.45. The van der Waals surface area contributed by atoms with E-state index in [0.29, 0.717) is 18.3 Å². The van der Waals surface area contributed by atoms with Crippen molar-refractivity contribution in [1.82, 2.24) is 16.0 Å². The quantitative estimate of drug-likeness (QED) is 0.235. The molecule has 0 bridgehead atoms. The zero-order valence-electron chi connectivity index (χ0n) is 19.0. The number of carbonyl (C=O) groups excluding carboxylic acids is 1. The monoisotopic (exact) mass is 564 g/mol. The van der Waals surface area contributed by atoms with Crippen molar-refractivity contribution in [3.05, 3.63) is 59.7 Å². The first-order valence-corrected chi connectivity index (χ1v) is 11.5. The molecule has 2 aliphatic rings. The van der Waals surface area contributed by atoms with Gasteiger partial charge in [-0.15, -0.1) is 24.0 Å². The van der Waals surface area contributed by atoms with Crippen molar-refractivity contribution in [3.8, 4) is 11.5 Å². The fraction of sp³-hybridized carbons (Fsp3) is 0.440. The number of halogens is 1. The largest absolute Gasteiger partial charge is 0.488 e. The summed E-state index contributed by atoms with van der Waals surface area (Å²) in [6.07, 6.45) is 4.00. The van der Waals surface area contributed by atoms with Gasteiger partial charge in [0.25, 0.3) is 5.91 Å². The second-order valence-electron chi connectivity index (χ2n) is 8.22. The molecule has 1 heterocycles. The molecule has 1 fully saturated rings. The van der Waals surface area contributed by atoms with E-state index in [0.717, 1.165) is 50.5 Å². The smallest absolute Gasteiger partial charge is 0.258 e. The minimum absolute atomic E-state index is 0. The Morgan fingerprint density at radius 1 is 1.12 bits per heavy atom. The lowest BCUT2D eigenvalue weighted by Gasteiger charge is -2.13. The van der Waals surface area contributed by atoms with Gasteiger partial charge in [0.1, 0.15) is 17.6 Å². The Morgan fingerprint density at radius 2 is 1.91 bits per heavy atom. The van der Waals surface area contributed by atoms with Crippen molar-refractivity contribution < 1.29 is 14.3 Å². The average molecular weight is 564 g/mol. The average Bonchev–Trinajstić information content (AvgIpc) is 3.52.